The fraction of sp³-hybridized carbons (Fsp3) is 0.174. The highest BCUT2D eigenvalue weighted by Crippen LogP contribution is 2.21. The fourth-order valence-electron chi connectivity index (χ4n) is 2.81. The van der Waals surface area contributed by atoms with Gasteiger partial charge in [-0.15, -0.1) is 0 Å². The molecule has 3 aromatic carbocycles. The second-order valence-corrected chi connectivity index (χ2v) is 6.72. The lowest BCUT2D eigenvalue weighted by Crippen LogP contribution is -2.32. The maximum Gasteiger partial charge on any atom is 0.170 e. The van der Waals surface area contributed by atoms with E-state index >= 15 is 0 Å². The summed E-state index contributed by atoms with van der Waals surface area (Å²) in [5.74, 6) is 0.918. The van der Waals surface area contributed by atoms with Crippen LogP contribution in [0.3, 0.4) is 0 Å². The monoisotopic (exact) mass is 376 g/mol. The molecule has 0 heterocycles. The molecule has 2 N–H and O–H groups in total. The Bertz CT molecular complexity index is 880. The summed E-state index contributed by atoms with van der Waals surface area (Å²) in [5, 5.41) is 7.01. The Labute approximate surface area is 166 Å². The molecule has 0 amide bonds. The zero-order valence-electron chi connectivity index (χ0n) is 15.4. The molecule has 3 nitrogen and oxygen atoms in total. The minimum absolute atomic E-state index is 0.543. The summed E-state index contributed by atoms with van der Waals surface area (Å²) < 4.78 is 5.98. The molecule has 3 rings (SSSR count). The van der Waals surface area contributed by atoms with E-state index in [0.29, 0.717) is 18.3 Å². The maximum absolute atomic E-state index is 5.98. The molecule has 3 aromatic rings. The molecule has 27 heavy (non-hydrogen) atoms. The molecule has 0 spiro atoms. The Morgan fingerprint density at radius 2 is 1.59 bits per heavy atom. The van der Waals surface area contributed by atoms with Gasteiger partial charge in [-0.2, -0.15) is 0 Å². The quantitative estimate of drug-likeness (QED) is 0.451. The van der Waals surface area contributed by atoms with Gasteiger partial charge in [0.05, 0.1) is 6.54 Å². The molecule has 4 heteroatoms. The third-order valence-electron chi connectivity index (χ3n) is 4.25. The first-order chi connectivity index (χ1) is 13.2. The summed E-state index contributed by atoms with van der Waals surface area (Å²) in [6.07, 6.45) is 0.859. The molecule has 0 aliphatic heterocycles. The van der Waals surface area contributed by atoms with Gasteiger partial charge in [-0.3, -0.25) is 0 Å². The second-order valence-electron chi connectivity index (χ2n) is 6.31. The zero-order valence-corrected chi connectivity index (χ0v) is 16.3. The number of hydrogen-bond acceptors (Lipinski definition) is 2. The Kier molecular flexibility index (Phi) is 6.83. The van der Waals surface area contributed by atoms with E-state index < -0.39 is 0 Å². The summed E-state index contributed by atoms with van der Waals surface area (Å²) in [6, 6.07) is 26.7. The van der Waals surface area contributed by atoms with Gasteiger partial charge in [0.15, 0.2) is 5.11 Å². The van der Waals surface area contributed by atoms with Gasteiger partial charge in [-0.05, 0) is 48.0 Å². The highest BCUT2D eigenvalue weighted by Gasteiger charge is 2.05. The van der Waals surface area contributed by atoms with E-state index in [-0.39, 0.29) is 0 Å². The van der Waals surface area contributed by atoms with Crippen LogP contribution in [-0.2, 0) is 6.42 Å². The van der Waals surface area contributed by atoms with Gasteiger partial charge in [-0.25, -0.2) is 0 Å². The van der Waals surface area contributed by atoms with Gasteiger partial charge in [0.25, 0.3) is 0 Å². The Hall–Kier alpha value is -2.85. The van der Waals surface area contributed by atoms with Crippen LogP contribution in [0.2, 0.25) is 0 Å². The summed E-state index contributed by atoms with van der Waals surface area (Å²) in [7, 11) is 0. The van der Waals surface area contributed by atoms with Crippen molar-refractivity contribution in [2.45, 2.75) is 13.3 Å². The number of para-hydroxylation sites is 2. The van der Waals surface area contributed by atoms with Crippen molar-refractivity contribution in [2.75, 3.05) is 18.5 Å². The number of benzene rings is 3. The average molecular weight is 377 g/mol. The first kappa shape index (κ1) is 18.9. The molecule has 0 radical (unpaired) electrons. The zero-order chi connectivity index (χ0) is 18.9. The molecule has 0 aromatic heterocycles. The van der Waals surface area contributed by atoms with E-state index in [0.717, 1.165) is 23.4 Å². The lowest BCUT2D eigenvalue weighted by atomic mass is 10.0. The summed E-state index contributed by atoms with van der Waals surface area (Å²) in [4.78, 5) is 0. The van der Waals surface area contributed by atoms with Gasteiger partial charge in [-0.1, -0.05) is 66.7 Å². The van der Waals surface area contributed by atoms with E-state index in [9.17, 15) is 0 Å². The smallest absolute Gasteiger partial charge is 0.170 e. The van der Waals surface area contributed by atoms with E-state index in [1.165, 1.54) is 11.1 Å². The van der Waals surface area contributed by atoms with Crippen LogP contribution in [0.4, 0.5) is 5.69 Å². The molecular weight excluding hydrogens is 352 g/mol. The first-order valence-electron chi connectivity index (χ1n) is 9.07. The molecule has 0 aliphatic rings. The normalized spacial score (nSPS) is 10.3. The lowest BCUT2D eigenvalue weighted by molar-refractivity contribution is 0.320. The minimum atomic E-state index is 0.543. The van der Waals surface area contributed by atoms with Gasteiger partial charge in [0, 0.05) is 12.1 Å². The summed E-state index contributed by atoms with van der Waals surface area (Å²) in [5.41, 5.74) is 4.64. The van der Waals surface area contributed by atoms with Crippen molar-refractivity contribution in [2.24, 2.45) is 0 Å². The molecule has 0 saturated heterocycles. The molecular formula is C23H24N2OS. The van der Waals surface area contributed by atoms with Crippen molar-refractivity contribution in [3.63, 3.8) is 0 Å². The van der Waals surface area contributed by atoms with Crippen molar-refractivity contribution in [3.05, 3.63) is 95.6 Å². The molecule has 0 bridgehead atoms. The van der Waals surface area contributed by atoms with Gasteiger partial charge in [0.1, 0.15) is 12.4 Å². The number of nitrogens with one attached hydrogen (secondary N) is 2. The van der Waals surface area contributed by atoms with Crippen molar-refractivity contribution in [1.82, 2.24) is 5.32 Å². The van der Waals surface area contributed by atoms with Crippen LogP contribution in [0, 0.1) is 6.92 Å². The van der Waals surface area contributed by atoms with E-state index in [1.807, 2.05) is 42.5 Å². The first-order valence-corrected chi connectivity index (χ1v) is 9.48. The van der Waals surface area contributed by atoms with Crippen LogP contribution in [0.15, 0.2) is 78.9 Å². The standard InChI is InChI=1S/C23H24N2OS/c1-18-9-5-7-13-21(18)25-23(27)24-15-16-26-22-14-8-6-12-20(22)17-19-10-3-2-4-11-19/h2-14H,15-17H2,1H3,(H2,24,25,27). The van der Waals surface area contributed by atoms with Gasteiger partial charge < -0.3 is 15.4 Å². The van der Waals surface area contributed by atoms with E-state index in [4.69, 9.17) is 17.0 Å². The van der Waals surface area contributed by atoms with Crippen LogP contribution >= 0.6 is 12.2 Å². The van der Waals surface area contributed by atoms with Crippen molar-refractivity contribution in [3.8, 4) is 5.75 Å². The van der Waals surface area contributed by atoms with Crippen LogP contribution in [-0.4, -0.2) is 18.3 Å². The number of thiocarbonyl (C=S) groups is 1. The number of hydrogen-bond donors (Lipinski definition) is 2. The number of aryl methyl sites for hydroxylation is 1. The summed E-state index contributed by atoms with van der Waals surface area (Å²) in [6.45, 7) is 3.23. The molecule has 0 atom stereocenters. The van der Waals surface area contributed by atoms with E-state index in [2.05, 4.69) is 54.0 Å². The maximum atomic E-state index is 5.98. The third-order valence-corrected chi connectivity index (χ3v) is 4.49. The van der Waals surface area contributed by atoms with E-state index in [1.54, 1.807) is 0 Å². The predicted octanol–water partition coefficient (Wildman–Crippen LogP) is 4.95. The largest absolute Gasteiger partial charge is 0.491 e. The van der Waals surface area contributed by atoms with Gasteiger partial charge >= 0.3 is 0 Å². The lowest BCUT2D eigenvalue weighted by Gasteiger charge is -2.14. The predicted molar refractivity (Wildman–Crippen MR) is 117 cm³/mol. The number of rotatable bonds is 7. The molecule has 0 saturated carbocycles. The Balaban J connectivity index is 1.48. The Morgan fingerprint density at radius 3 is 2.41 bits per heavy atom. The summed E-state index contributed by atoms with van der Waals surface area (Å²) >= 11 is 5.36. The highest BCUT2D eigenvalue weighted by molar-refractivity contribution is 7.80. The second kappa shape index (κ2) is 9.74. The molecule has 0 unspecified atom stereocenters. The van der Waals surface area contributed by atoms with Crippen molar-refractivity contribution in [1.29, 1.82) is 0 Å². The third kappa shape index (κ3) is 5.83. The molecule has 138 valence electrons. The van der Waals surface area contributed by atoms with Gasteiger partial charge in [0.2, 0.25) is 0 Å². The topological polar surface area (TPSA) is 33.3 Å². The van der Waals surface area contributed by atoms with Crippen LogP contribution in [0.5, 0.6) is 5.75 Å². The number of anilines is 1. The highest BCUT2D eigenvalue weighted by atomic mass is 32.1. The fourth-order valence-corrected chi connectivity index (χ4v) is 3.02. The van der Waals surface area contributed by atoms with Crippen LogP contribution in [0.25, 0.3) is 0 Å². The number of ether oxygens (including phenoxy) is 1. The Morgan fingerprint density at radius 1 is 0.889 bits per heavy atom. The average Bonchev–Trinajstić information content (AvgIpc) is 2.69. The van der Waals surface area contributed by atoms with Crippen LogP contribution < -0.4 is 15.4 Å². The van der Waals surface area contributed by atoms with Crippen molar-refractivity contribution < 1.29 is 4.74 Å². The SMILES string of the molecule is Cc1ccccc1NC(=S)NCCOc1ccccc1Cc1ccccc1. The van der Waals surface area contributed by atoms with Crippen LogP contribution in [0.1, 0.15) is 16.7 Å². The minimum Gasteiger partial charge on any atom is -0.491 e. The molecule has 0 fully saturated rings. The van der Waals surface area contributed by atoms with Crippen molar-refractivity contribution >= 4 is 23.0 Å². The molecule has 0 aliphatic carbocycles.